The van der Waals surface area contributed by atoms with Gasteiger partial charge in [0.1, 0.15) is 11.3 Å². The normalized spacial score (nSPS) is 11.8. The van der Waals surface area contributed by atoms with Gasteiger partial charge in [-0.25, -0.2) is 0 Å². The van der Waals surface area contributed by atoms with Gasteiger partial charge in [0.2, 0.25) is 0 Å². The fraction of sp³-hybridized carbons (Fsp3) is 0. The van der Waals surface area contributed by atoms with Gasteiger partial charge in [-0.3, -0.25) is 14.2 Å². The standard InChI is InChI=1S/C14H8N2O2/c17-11-7-12(18)16-10-4-2-1-3-8(10)9-5-6-15-13(11)14(9)16/h1-7,17H. The maximum Gasteiger partial charge on any atom is 0.259 e. The summed E-state index contributed by atoms with van der Waals surface area (Å²) in [4.78, 5) is 16.2. The van der Waals surface area contributed by atoms with Gasteiger partial charge in [0, 0.05) is 23.0 Å². The first-order chi connectivity index (χ1) is 8.77. The molecule has 0 spiro atoms. The summed E-state index contributed by atoms with van der Waals surface area (Å²) in [7, 11) is 0. The number of hydrogen-bond acceptors (Lipinski definition) is 3. The molecule has 18 heavy (non-hydrogen) atoms. The molecule has 0 aliphatic carbocycles. The summed E-state index contributed by atoms with van der Waals surface area (Å²) < 4.78 is 1.60. The Bertz CT molecular complexity index is 956. The highest BCUT2D eigenvalue weighted by Crippen LogP contribution is 2.32. The van der Waals surface area contributed by atoms with Crippen LogP contribution in [-0.4, -0.2) is 14.5 Å². The van der Waals surface area contributed by atoms with Crippen molar-refractivity contribution in [3.8, 4) is 5.75 Å². The average Bonchev–Trinajstić information content (AvgIpc) is 2.72. The molecule has 0 amide bonds. The maximum absolute atomic E-state index is 12.1. The van der Waals surface area contributed by atoms with Crippen LogP contribution in [0.5, 0.6) is 5.75 Å². The molecule has 0 bridgehead atoms. The molecule has 86 valence electrons. The molecule has 1 N–H and O–H groups in total. The van der Waals surface area contributed by atoms with Crippen molar-refractivity contribution in [1.82, 2.24) is 9.38 Å². The van der Waals surface area contributed by atoms with Gasteiger partial charge in [-0.2, -0.15) is 0 Å². The van der Waals surface area contributed by atoms with E-state index in [9.17, 15) is 9.90 Å². The average molecular weight is 236 g/mol. The smallest absolute Gasteiger partial charge is 0.259 e. The minimum Gasteiger partial charge on any atom is -0.505 e. The van der Waals surface area contributed by atoms with Crippen molar-refractivity contribution in [2.75, 3.05) is 0 Å². The Kier molecular flexibility index (Phi) is 1.56. The van der Waals surface area contributed by atoms with Crippen molar-refractivity contribution in [1.29, 1.82) is 0 Å². The highest BCUT2D eigenvalue weighted by Gasteiger charge is 2.15. The maximum atomic E-state index is 12.1. The Morgan fingerprint density at radius 3 is 2.83 bits per heavy atom. The van der Waals surface area contributed by atoms with Crippen LogP contribution in [0.3, 0.4) is 0 Å². The highest BCUT2D eigenvalue weighted by molar-refractivity contribution is 6.13. The van der Waals surface area contributed by atoms with Crippen LogP contribution in [-0.2, 0) is 0 Å². The summed E-state index contributed by atoms with van der Waals surface area (Å²) >= 11 is 0. The lowest BCUT2D eigenvalue weighted by atomic mass is 10.2. The van der Waals surface area contributed by atoms with E-state index >= 15 is 0 Å². The molecule has 4 heteroatoms. The first-order valence-electron chi connectivity index (χ1n) is 5.61. The van der Waals surface area contributed by atoms with E-state index in [2.05, 4.69) is 4.98 Å². The number of fused-ring (bicyclic) bond motifs is 3. The van der Waals surface area contributed by atoms with Gasteiger partial charge in [0.15, 0.2) is 0 Å². The zero-order valence-corrected chi connectivity index (χ0v) is 9.29. The molecule has 0 saturated carbocycles. The Morgan fingerprint density at radius 1 is 1.11 bits per heavy atom. The van der Waals surface area contributed by atoms with Gasteiger partial charge in [0.25, 0.3) is 5.56 Å². The molecule has 0 fully saturated rings. The second kappa shape index (κ2) is 2.98. The predicted octanol–water partition coefficient (Wildman–Crippen LogP) is 2.14. The van der Waals surface area contributed by atoms with Crippen LogP contribution in [0.15, 0.2) is 47.4 Å². The van der Waals surface area contributed by atoms with E-state index in [4.69, 9.17) is 0 Å². The van der Waals surface area contributed by atoms with Gasteiger partial charge < -0.3 is 5.11 Å². The molecule has 0 atom stereocenters. The van der Waals surface area contributed by atoms with E-state index < -0.39 is 0 Å². The third-order valence-corrected chi connectivity index (χ3v) is 3.31. The molecule has 4 nitrogen and oxygen atoms in total. The number of para-hydroxylation sites is 1. The van der Waals surface area contributed by atoms with Crippen LogP contribution in [0.4, 0.5) is 0 Å². The minimum atomic E-state index is -0.237. The first kappa shape index (κ1) is 9.41. The number of benzene rings is 1. The van der Waals surface area contributed by atoms with Gasteiger partial charge >= 0.3 is 0 Å². The lowest BCUT2D eigenvalue weighted by Gasteiger charge is -2.01. The lowest BCUT2D eigenvalue weighted by Crippen LogP contribution is -2.10. The number of rotatable bonds is 0. The molecule has 0 aliphatic rings. The largest absolute Gasteiger partial charge is 0.505 e. The third-order valence-electron chi connectivity index (χ3n) is 3.31. The van der Waals surface area contributed by atoms with E-state index in [0.29, 0.717) is 11.0 Å². The first-order valence-corrected chi connectivity index (χ1v) is 5.61. The summed E-state index contributed by atoms with van der Waals surface area (Å²) in [5, 5.41) is 11.8. The van der Waals surface area contributed by atoms with E-state index in [1.165, 1.54) is 6.07 Å². The van der Waals surface area contributed by atoms with Crippen molar-refractivity contribution in [2.45, 2.75) is 0 Å². The number of aromatic hydroxyl groups is 1. The molecule has 0 unspecified atom stereocenters. The van der Waals surface area contributed by atoms with Gasteiger partial charge in [-0.1, -0.05) is 18.2 Å². The zero-order chi connectivity index (χ0) is 12.3. The number of hydrogen-bond donors (Lipinski definition) is 1. The topological polar surface area (TPSA) is 54.6 Å². The third kappa shape index (κ3) is 0.953. The summed E-state index contributed by atoms with van der Waals surface area (Å²) in [6.07, 6.45) is 1.65. The van der Waals surface area contributed by atoms with Crippen molar-refractivity contribution in [3.63, 3.8) is 0 Å². The summed E-state index contributed by atoms with van der Waals surface area (Å²) in [6.45, 7) is 0. The van der Waals surface area contributed by atoms with Crippen LogP contribution >= 0.6 is 0 Å². The molecular weight excluding hydrogens is 228 g/mol. The van der Waals surface area contributed by atoms with Crippen LogP contribution in [0.25, 0.3) is 27.3 Å². The van der Waals surface area contributed by atoms with Crippen LogP contribution < -0.4 is 5.56 Å². The molecule has 0 radical (unpaired) electrons. The Morgan fingerprint density at radius 2 is 1.94 bits per heavy atom. The van der Waals surface area contributed by atoms with Crippen molar-refractivity contribution in [3.05, 3.63) is 52.9 Å². The van der Waals surface area contributed by atoms with Crippen LogP contribution in [0.2, 0.25) is 0 Å². The van der Waals surface area contributed by atoms with Crippen LogP contribution in [0, 0.1) is 0 Å². The molecule has 0 aliphatic heterocycles. The zero-order valence-electron chi connectivity index (χ0n) is 9.29. The fourth-order valence-electron chi connectivity index (χ4n) is 2.58. The number of pyridine rings is 2. The number of aromatic nitrogens is 2. The van der Waals surface area contributed by atoms with E-state index in [1.807, 2.05) is 30.3 Å². The monoisotopic (exact) mass is 236 g/mol. The molecule has 3 heterocycles. The van der Waals surface area contributed by atoms with Crippen molar-refractivity contribution >= 4 is 27.3 Å². The van der Waals surface area contributed by atoms with Crippen LogP contribution in [0.1, 0.15) is 0 Å². The summed E-state index contributed by atoms with van der Waals surface area (Å²) in [6, 6.07) is 10.8. The molecule has 0 saturated heterocycles. The lowest BCUT2D eigenvalue weighted by molar-refractivity contribution is 0.479. The number of nitrogens with zero attached hydrogens (tertiary/aromatic N) is 2. The van der Waals surface area contributed by atoms with E-state index in [1.54, 1.807) is 10.6 Å². The highest BCUT2D eigenvalue weighted by atomic mass is 16.3. The Hall–Kier alpha value is -2.62. The predicted molar refractivity (Wildman–Crippen MR) is 69.3 cm³/mol. The van der Waals surface area contributed by atoms with E-state index in [-0.39, 0.29) is 11.3 Å². The van der Waals surface area contributed by atoms with Gasteiger partial charge in [0.05, 0.1) is 11.0 Å². The van der Waals surface area contributed by atoms with Crippen molar-refractivity contribution < 1.29 is 5.11 Å². The molecule has 3 aromatic heterocycles. The SMILES string of the molecule is O=c1cc(O)c2nccc3c4ccccc4n1c23. The molecule has 4 rings (SSSR count). The Labute approximate surface area is 101 Å². The molecule has 4 aromatic rings. The fourth-order valence-corrected chi connectivity index (χ4v) is 2.58. The van der Waals surface area contributed by atoms with Gasteiger partial charge in [-0.05, 0) is 12.1 Å². The van der Waals surface area contributed by atoms with E-state index in [0.717, 1.165) is 16.3 Å². The minimum absolute atomic E-state index is 0.0686. The summed E-state index contributed by atoms with van der Waals surface area (Å²) in [5.74, 6) is -0.0686. The Balaban J connectivity index is 2.55. The van der Waals surface area contributed by atoms with Crippen molar-refractivity contribution in [2.24, 2.45) is 0 Å². The van der Waals surface area contributed by atoms with Gasteiger partial charge in [-0.15, -0.1) is 0 Å². The quantitative estimate of drug-likeness (QED) is 0.509. The second-order valence-electron chi connectivity index (χ2n) is 4.28. The molecule has 1 aromatic carbocycles. The second-order valence-corrected chi connectivity index (χ2v) is 4.28. The summed E-state index contributed by atoms with van der Waals surface area (Å²) in [5.41, 5.74) is 1.75. The molecular formula is C14H8N2O2.